The molecular weight excluding hydrogens is 336 g/mol. The number of nitrogens with zero attached hydrogens (tertiary/aromatic N) is 3. The molecule has 1 N–H and O–H groups in total. The molecule has 5 heteroatoms. The van der Waals surface area contributed by atoms with Crippen molar-refractivity contribution in [1.29, 1.82) is 0 Å². The molecule has 3 aliphatic rings. The van der Waals surface area contributed by atoms with E-state index in [9.17, 15) is 4.79 Å². The molecule has 3 fully saturated rings. The summed E-state index contributed by atoms with van der Waals surface area (Å²) in [6.45, 7) is 0.898. The van der Waals surface area contributed by atoms with Gasteiger partial charge in [0.15, 0.2) is 0 Å². The van der Waals surface area contributed by atoms with Crippen molar-refractivity contribution in [1.82, 2.24) is 14.9 Å². The fraction of sp³-hybridized carbons (Fsp3) is 0.500. The standard InChI is InChI=1S/C22H26N4O/c27-21(20-13-19(20)16-5-2-1-3-6-16)26-17-7-8-18(26)12-15(11-17)14-25-22-23-9-4-10-24-22/h1-6,9-10,15,17-20H,7-8,11-14H2,(H,23,24,25)/t15?,17?,18?,19-,20+/m0/s1. The first kappa shape index (κ1) is 16.7. The monoisotopic (exact) mass is 362 g/mol. The molecule has 0 spiro atoms. The van der Waals surface area contributed by atoms with Crippen LogP contribution in [0.3, 0.4) is 0 Å². The van der Waals surface area contributed by atoms with Crippen LogP contribution in [0.5, 0.6) is 0 Å². The van der Waals surface area contributed by atoms with Crippen LogP contribution in [-0.2, 0) is 4.79 Å². The first-order chi connectivity index (χ1) is 13.3. The van der Waals surface area contributed by atoms with Gasteiger partial charge in [-0.15, -0.1) is 0 Å². The van der Waals surface area contributed by atoms with E-state index >= 15 is 0 Å². The van der Waals surface area contributed by atoms with Gasteiger partial charge in [0.1, 0.15) is 0 Å². The molecule has 0 radical (unpaired) electrons. The Morgan fingerprint density at radius 1 is 1.00 bits per heavy atom. The van der Waals surface area contributed by atoms with Crippen LogP contribution in [0.4, 0.5) is 5.95 Å². The predicted molar refractivity (Wildman–Crippen MR) is 104 cm³/mol. The Hall–Kier alpha value is -2.43. The Bertz CT molecular complexity index is 782. The summed E-state index contributed by atoms with van der Waals surface area (Å²) in [5.41, 5.74) is 1.32. The lowest BCUT2D eigenvalue weighted by Gasteiger charge is -2.39. The molecule has 3 heterocycles. The van der Waals surface area contributed by atoms with Crippen LogP contribution in [0.25, 0.3) is 0 Å². The highest BCUT2D eigenvalue weighted by Crippen LogP contribution is 2.51. The number of carbonyl (C=O) groups is 1. The second kappa shape index (κ2) is 6.95. The highest BCUT2D eigenvalue weighted by molar-refractivity contribution is 5.84. The summed E-state index contributed by atoms with van der Waals surface area (Å²) < 4.78 is 0. The van der Waals surface area contributed by atoms with Gasteiger partial charge in [0, 0.05) is 36.9 Å². The molecule has 1 aliphatic carbocycles. The summed E-state index contributed by atoms with van der Waals surface area (Å²) in [7, 11) is 0. The van der Waals surface area contributed by atoms with Crippen molar-refractivity contribution in [3.63, 3.8) is 0 Å². The molecule has 2 unspecified atom stereocenters. The maximum atomic E-state index is 13.2. The molecule has 5 nitrogen and oxygen atoms in total. The minimum atomic E-state index is 0.211. The van der Waals surface area contributed by atoms with Crippen molar-refractivity contribution >= 4 is 11.9 Å². The van der Waals surface area contributed by atoms with Crippen LogP contribution < -0.4 is 5.32 Å². The van der Waals surface area contributed by atoms with Crippen LogP contribution >= 0.6 is 0 Å². The fourth-order valence-electron chi connectivity index (χ4n) is 5.17. The first-order valence-electron chi connectivity index (χ1n) is 10.2. The largest absolute Gasteiger partial charge is 0.354 e. The lowest BCUT2D eigenvalue weighted by molar-refractivity contribution is -0.137. The van der Waals surface area contributed by atoms with Gasteiger partial charge in [-0.3, -0.25) is 4.79 Å². The number of benzene rings is 1. The van der Waals surface area contributed by atoms with Crippen LogP contribution in [0, 0.1) is 11.8 Å². The van der Waals surface area contributed by atoms with Gasteiger partial charge in [0.2, 0.25) is 11.9 Å². The van der Waals surface area contributed by atoms with Crippen molar-refractivity contribution in [2.45, 2.75) is 50.1 Å². The van der Waals surface area contributed by atoms with Crippen molar-refractivity contribution in [2.24, 2.45) is 11.8 Å². The van der Waals surface area contributed by atoms with Gasteiger partial charge in [-0.1, -0.05) is 30.3 Å². The first-order valence-corrected chi connectivity index (χ1v) is 10.2. The zero-order valence-corrected chi connectivity index (χ0v) is 15.5. The van der Waals surface area contributed by atoms with E-state index in [0.717, 1.165) is 38.6 Å². The molecule has 1 aromatic carbocycles. The van der Waals surface area contributed by atoms with Gasteiger partial charge in [-0.2, -0.15) is 0 Å². The summed E-state index contributed by atoms with van der Waals surface area (Å²) in [5, 5.41) is 3.37. The highest BCUT2D eigenvalue weighted by atomic mass is 16.2. The number of nitrogens with one attached hydrogen (secondary N) is 1. The smallest absolute Gasteiger partial charge is 0.226 e. The third-order valence-corrected chi connectivity index (χ3v) is 6.54. The third kappa shape index (κ3) is 3.31. The zero-order valence-electron chi connectivity index (χ0n) is 15.5. The molecule has 27 heavy (non-hydrogen) atoms. The van der Waals surface area contributed by atoms with Gasteiger partial charge >= 0.3 is 0 Å². The van der Waals surface area contributed by atoms with Gasteiger partial charge in [-0.25, -0.2) is 9.97 Å². The molecular formula is C22H26N4O. The van der Waals surface area contributed by atoms with Gasteiger partial charge in [-0.05, 0) is 55.6 Å². The molecule has 1 aromatic heterocycles. The molecule has 4 atom stereocenters. The topological polar surface area (TPSA) is 58.1 Å². The second-order valence-corrected chi connectivity index (χ2v) is 8.28. The number of amides is 1. The lowest BCUT2D eigenvalue weighted by Crippen LogP contribution is -2.48. The average molecular weight is 362 g/mol. The van der Waals surface area contributed by atoms with E-state index < -0.39 is 0 Å². The predicted octanol–water partition coefficient (Wildman–Crippen LogP) is 3.46. The Kier molecular flexibility index (Phi) is 4.30. The fourth-order valence-corrected chi connectivity index (χ4v) is 5.17. The molecule has 1 amide bonds. The van der Waals surface area contributed by atoms with Crippen LogP contribution in [-0.4, -0.2) is 39.4 Å². The number of anilines is 1. The van der Waals surface area contributed by atoms with Crippen molar-refractivity contribution in [3.8, 4) is 0 Å². The number of hydrogen-bond acceptors (Lipinski definition) is 4. The summed E-state index contributed by atoms with van der Waals surface area (Å²) in [6, 6.07) is 13.2. The van der Waals surface area contributed by atoms with E-state index in [-0.39, 0.29) is 5.92 Å². The number of hydrogen-bond donors (Lipinski definition) is 1. The molecule has 2 aromatic rings. The zero-order chi connectivity index (χ0) is 18.2. The maximum absolute atomic E-state index is 13.2. The van der Waals surface area contributed by atoms with Crippen LogP contribution in [0.1, 0.15) is 43.6 Å². The van der Waals surface area contributed by atoms with Gasteiger partial charge < -0.3 is 10.2 Å². The highest BCUT2D eigenvalue weighted by Gasteiger charge is 2.51. The Morgan fingerprint density at radius 3 is 2.41 bits per heavy atom. The quantitative estimate of drug-likeness (QED) is 0.885. The van der Waals surface area contributed by atoms with Gasteiger partial charge in [0.25, 0.3) is 0 Å². The number of carbonyl (C=O) groups excluding carboxylic acids is 1. The van der Waals surface area contributed by atoms with Crippen LogP contribution in [0.15, 0.2) is 48.8 Å². The summed E-state index contributed by atoms with van der Waals surface area (Å²) in [6.07, 6.45) is 9.08. The minimum Gasteiger partial charge on any atom is -0.354 e. The average Bonchev–Trinajstić information content (AvgIpc) is 3.47. The maximum Gasteiger partial charge on any atom is 0.226 e. The van der Waals surface area contributed by atoms with E-state index in [0.29, 0.717) is 35.8 Å². The summed E-state index contributed by atoms with van der Waals surface area (Å²) in [4.78, 5) is 23.9. The Morgan fingerprint density at radius 2 is 1.70 bits per heavy atom. The van der Waals surface area contributed by atoms with Gasteiger partial charge in [0.05, 0.1) is 0 Å². The normalized spacial score (nSPS) is 31.6. The Balaban J connectivity index is 1.19. The summed E-state index contributed by atoms with van der Waals surface area (Å²) >= 11 is 0. The van der Waals surface area contributed by atoms with Crippen LogP contribution in [0.2, 0.25) is 0 Å². The molecule has 2 aliphatic heterocycles. The van der Waals surface area contributed by atoms with Crippen molar-refractivity contribution in [3.05, 3.63) is 54.4 Å². The Labute approximate surface area is 160 Å². The van der Waals surface area contributed by atoms with Crippen molar-refractivity contribution in [2.75, 3.05) is 11.9 Å². The number of piperidine rings is 1. The van der Waals surface area contributed by atoms with E-state index in [2.05, 4.69) is 44.5 Å². The molecule has 2 saturated heterocycles. The SMILES string of the molecule is O=C([C@@H]1C[C@H]1c1ccccc1)N1C2CCC1CC(CNc1ncccn1)C2. The van der Waals surface area contributed by atoms with E-state index in [4.69, 9.17) is 0 Å². The van der Waals surface area contributed by atoms with E-state index in [1.54, 1.807) is 12.4 Å². The molecule has 1 saturated carbocycles. The molecule has 140 valence electrons. The third-order valence-electron chi connectivity index (χ3n) is 6.54. The number of fused-ring (bicyclic) bond motifs is 2. The second-order valence-electron chi connectivity index (χ2n) is 8.28. The molecule has 5 rings (SSSR count). The van der Waals surface area contributed by atoms with Crippen molar-refractivity contribution < 1.29 is 4.79 Å². The molecule has 2 bridgehead atoms. The number of aromatic nitrogens is 2. The summed E-state index contributed by atoms with van der Waals surface area (Å²) in [5.74, 6) is 2.36. The van der Waals surface area contributed by atoms with E-state index in [1.807, 2.05) is 12.1 Å². The lowest BCUT2D eigenvalue weighted by atomic mass is 9.90. The minimum absolute atomic E-state index is 0.211. The number of rotatable bonds is 5. The van der Waals surface area contributed by atoms with E-state index in [1.165, 1.54) is 5.56 Å².